The highest BCUT2D eigenvalue weighted by atomic mass is 32.2. The van der Waals surface area contributed by atoms with Crippen molar-refractivity contribution >= 4 is 21.6 Å². The number of hydrogen-bond acceptors (Lipinski definition) is 6. The fraction of sp³-hybridized carbons (Fsp3) is 0.235. The van der Waals surface area contributed by atoms with E-state index in [-0.39, 0.29) is 17.6 Å². The average molecular weight is 378 g/mol. The zero-order valence-corrected chi connectivity index (χ0v) is 15.0. The van der Waals surface area contributed by atoms with Crippen LogP contribution in [0, 0.1) is 0 Å². The Morgan fingerprint density at radius 1 is 1.12 bits per heavy atom. The topological polar surface area (TPSA) is 103 Å². The van der Waals surface area contributed by atoms with Gasteiger partial charge in [0.2, 0.25) is 6.79 Å². The number of hydrogen-bond donors (Lipinski definition) is 2. The molecular weight excluding hydrogens is 360 g/mol. The number of nitrogens with one attached hydrogen (secondary N) is 2. The fourth-order valence-corrected chi connectivity index (χ4v) is 3.38. The number of amides is 1. The fourth-order valence-electron chi connectivity index (χ4n) is 2.33. The summed E-state index contributed by atoms with van der Waals surface area (Å²) < 4.78 is 43.4. The molecule has 2 aromatic rings. The second kappa shape index (κ2) is 7.12. The number of likely N-dealkylation sites (N-methyl/N-ethyl adjacent to an activating group) is 1. The van der Waals surface area contributed by atoms with E-state index in [4.69, 9.17) is 14.2 Å². The van der Waals surface area contributed by atoms with Crippen LogP contribution < -0.4 is 24.2 Å². The van der Waals surface area contributed by atoms with E-state index in [1.165, 1.54) is 31.3 Å². The van der Waals surface area contributed by atoms with Gasteiger partial charge in [-0.05, 0) is 43.3 Å². The van der Waals surface area contributed by atoms with Crippen LogP contribution in [0.15, 0.2) is 47.4 Å². The normalized spacial score (nSPS) is 13.8. The number of carbonyl (C=O) groups is 1. The van der Waals surface area contributed by atoms with Crippen LogP contribution in [0.4, 0.5) is 5.69 Å². The molecule has 0 spiro atoms. The first-order valence-electron chi connectivity index (χ1n) is 7.80. The number of benzene rings is 2. The number of anilines is 1. The Kier molecular flexibility index (Phi) is 4.90. The Morgan fingerprint density at radius 2 is 1.81 bits per heavy atom. The van der Waals surface area contributed by atoms with Crippen LogP contribution >= 0.6 is 0 Å². The summed E-state index contributed by atoms with van der Waals surface area (Å²) in [7, 11) is -2.26. The summed E-state index contributed by atoms with van der Waals surface area (Å²) in [5, 5.41) is 2.48. The van der Waals surface area contributed by atoms with Crippen molar-refractivity contribution in [1.82, 2.24) is 5.32 Å². The third kappa shape index (κ3) is 3.83. The minimum absolute atomic E-state index is 0.0649. The van der Waals surface area contributed by atoms with E-state index in [0.29, 0.717) is 22.9 Å². The zero-order valence-electron chi connectivity index (χ0n) is 14.2. The standard InChI is InChI=1S/C17H18N2O6S/c1-11(17(20)18-2)25-13-4-6-14(7-5-13)26(21,22)19-12-3-8-15-16(9-12)24-10-23-15/h3-9,11,19H,10H2,1-2H3,(H,18,20)/t11-/m0/s1. The van der Waals surface area contributed by atoms with Gasteiger partial charge in [-0.15, -0.1) is 0 Å². The van der Waals surface area contributed by atoms with Crippen molar-refractivity contribution in [1.29, 1.82) is 0 Å². The number of ether oxygens (including phenoxy) is 3. The van der Waals surface area contributed by atoms with Crippen LogP contribution in [-0.4, -0.2) is 34.3 Å². The van der Waals surface area contributed by atoms with Crippen LogP contribution in [-0.2, 0) is 14.8 Å². The van der Waals surface area contributed by atoms with Crippen molar-refractivity contribution in [3.8, 4) is 17.2 Å². The third-order valence-corrected chi connectivity index (χ3v) is 5.08. The van der Waals surface area contributed by atoms with Gasteiger partial charge in [-0.25, -0.2) is 8.42 Å². The molecule has 0 aliphatic carbocycles. The summed E-state index contributed by atoms with van der Waals surface area (Å²) in [6.07, 6.45) is -0.686. The maximum Gasteiger partial charge on any atom is 0.261 e. The minimum atomic E-state index is -3.78. The molecule has 1 aliphatic rings. The molecule has 1 atom stereocenters. The lowest BCUT2D eigenvalue weighted by Crippen LogP contribution is -2.33. The molecule has 0 saturated heterocycles. The summed E-state index contributed by atoms with van der Waals surface area (Å²) >= 11 is 0. The van der Waals surface area contributed by atoms with Crippen LogP contribution in [0.3, 0.4) is 0 Å². The number of carbonyl (C=O) groups excluding carboxylic acids is 1. The first kappa shape index (κ1) is 17.9. The highest BCUT2D eigenvalue weighted by Crippen LogP contribution is 2.34. The number of sulfonamides is 1. The SMILES string of the molecule is CNC(=O)[C@H](C)Oc1ccc(S(=O)(=O)Nc2ccc3c(c2)OCO3)cc1. The molecule has 1 amide bonds. The predicted molar refractivity (Wildman–Crippen MR) is 94.0 cm³/mol. The smallest absolute Gasteiger partial charge is 0.261 e. The van der Waals surface area contributed by atoms with Gasteiger partial charge in [-0.2, -0.15) is 0 Å². The first-order valence-corrected chi connectivity index (χ1v) is 9.28. The van der Waals surface area contributed by atoms with Gasteiger partial charge in [-0.3, -0.25) is 9.52 Å². The van der Waals surface area contributed by atoms with Gasteiger partial charge in [0, 0.05) is 13.1 Å². The van der Waals surface area contributed by atoms with Crippen molar-refractivity contribution in [2.75, 3.05) is 18.6 Å². The van der Waals surface area contributed by atoms with E-state index in [1.807, 2.05) is 0 Å². The lowest BCUT2D eigenvalue weighted by Gasteiger charge is -2.14. The first-order chi connectivity index (χ1) is 12.4. The third-order valence-electron chi connectivity index (χ3n) is 3.69. The quantitative estimate of drug-likeness (QED) is 0.794. The Hall–Kier alpha value is -2.94. The van der Waals surface area contributed by atoms with Gasteiger partial charge in [-0.1, -0.05) is 0 Å². The van der Waals surface area contributed by atoms with Crippen molar-refractivity contribution in [3.63, 3.8) is 0 Å². The molecule has 3 rings (SSSR count). The summed E-state index contributed by atoms with van der Waals surface area (Å²) in [6.45, 7) is 1.71. The Morgan fingerprint density at radius 3 is 2.50 bits per heavy atom. The number of rotatable bonds is 6. The van der Waals surface area contributed by atoms with Gasteiger partial charge in [0.15, 0.2) is 17.6 Å². The number of fused-ring (bicyclic) bond motifs is 1. The maximum atomic E-state index is 12.5. The van der Waals surface area contributed by atoms with Crippen molar-refractivity contribution in [3.05, 3.63) is 42.5 Å². The monoisotopic (exact) mass is 378 g/mol. The van der Waals surface area contributed by atoms with Crippen LogP contribution in [0.1, 0.15) is 6.92 Å². The van der Waals surface area contributed by atoms with Gasteiger partial charge in [0.05, 0.1) is 10.6 Å². The van der Waals surface area contributed by atoms with E-state index in [2.05, 4.69) is 10.0 Å². The summed E-state index contributed by atoms with van der Waals surface area (Å²) in [5.74, 6) is 1.17. The molecule has 0 fully saturated rings. The highest BCUT2D eigenvalue weighted by molar-refractivity contribution is 7.92. The Labute approximate surface area is 151 Å². The van der Waals surface area contributed by atoms with Crippen molar-refractivity contribution < 1.29 is 27.4 Å². The minimum Gasteiger partial charge on any atom is -0.481 e. The molecule has 0 unspecified atom stereocenters. The van der Waals surface area contributed by atoms with Gasteiger partial charge >= 0.3 is 0 Å². The van der Waals surface area contributed by atoms with Crippen LogP contribution in [0.25, 0.3) is 0 Å². The molecule has 0 saturated carbocycles. The van der Waals surface area contributed by atoms with Crippen molar-refractivity contribution in [2.45, 2.75) is 17.9 Å². The Bertz CT molecular complexity index is 911. The molecule has 1 heterocycles. The molecule has 9 heteroatoms. The molecule has 26 heavy (non-hydrogen) atoms. The average Bonchev–Trinajstić information content (AvgIpc) is 3.08. The summed E-state index contributed by atoms with van der Waals surface area (Å²) in [4.78, 5) is 11.5. The summed E-state index contributed by atoms with van der Waals surface area (Å²) in [6, 6.07) is 10.6. The largest absolute Gasteiger partial charge is 0.481 e. The second-order valence-electron chi connectivity index (χ2n) is 5.52. The highest BCUT2D eigenvalue weighted by Gasteiger charge is 2.19. The molecule has 0 radical (unpaired) electrons. The van der Waals surface area contributed by atoms with E-state index in [1.54, 1.807) is 25.1 Å². The van der Waals surface area contributed by atoms with Gasteiger partial charge in [0.1, 0.15) is 5.75 Å². The van der Waals surface area contributed by atoms with Crippen LogP contribution in [0.2, 0.25) is 0 Å². The van der Waals surface area contributed by atoms with E-state index < -0.39 is 16.1 Å². The zero-order chi connectivity index (χ0) is 18.7. The van der Waals surface area contributed by atoms with Gasteiger partial charge in [0.25, 0.3) is 15.9 Å². The molecule has 2 N–H and O–H groups in total. The molecule has 1 aliphatic heterocycles. The summed E-state index contributed by atoms with van der Waals surface area (Å²) in [5.41, 5.74) is 0.364. The van der Waals surface area contributed by atoms with E-state index in [0.717, 1.165) is 0 Å². The lowest BCUT2D eigenvalue weighted by atomic mass is 10.3. The lowest BCUT2D eigenvalue weighted by molar-refractivity contribution is -0.126. The second-order valence-corrected chi connectivity index (χ2v) is 7.20. The van der Waals surface area contributed by atoms with Crippen molar-refractivity contribution in [2.24, 2.45) is 0 Å². The van der Waals surface area contributed by atoms with E-state index in [9.17, 15) is 13.2 Å². The molecule has 8 nitrogen and oxygen atoms in total. The predicted octanol–water partition coefficient (Wildman–Crippen LogP) is 1.73. The maximum absolute atomic E-state index is 12.5. The molecule has 0 aromatic heterocycles. The van der Waals surface area contributed by atoms with Crippen LogP contribution in [0.5, 0.6) is 17.2 Å². The molecular formula is C17H18N2O6S. The van der Waals surface area contributed by atoms with E-state index >= 15 is 0 Å². The molecule has 2 aromatic carbocycles. The molecule has 0 bridgehead atoms. The molecule has 138 valence electrons. The Balaban J connectivity index is 1.72. The van der Waals surface area contributed by atoms with Gasteiger partial charge < -0.3 is 19.5 Å².